The van der Waals surface area contributed by atoms with Crippen molar-refractivity contribution in [3.63, 3.8) is 0 Å². The molecule has 0 radical (unpaired) electrons. The van der Waals surface area contributed by atoms with Crippen LogP contribution in [0.25, 0.3) is 0 Å². The Bertz CT molecular complexity index is 729. The van der Waals surface area contributed by atoms with Crippen LogP contribution in [0.2, 0.25) is 5.02 Å². The fraction of sp³-hybridized carbons (Fsp3) is 0.350. The lowest BCUT2D eigenvalue weighted by molar-refractivity contribution is 0.0487. The number of carbonyl (C=O) groups excluding carboxylic acids is 1. The van der Waals surface area contributed by atoms with Gasteiger partial charge in [0, 0.05) is 42.3 Å². The van der Waals surface area contributed by atoms with E-state index in [2.05, 4.69) is 11.4 Å². The lowest BCUT2D eigenvalue weighted by Crippen LogP contribution is -2.44. The molecule has 26 heavy (non-hydrogen) atoms. The molecule has 0 saturated carbocycles. The first-order valence-electron chi connectivity index (χ1n) is 8.55. The molecular weight excluding hydrogens is 371 g/mol. The van der Waals surface area contributed by atoms with Gasteiger partial charge in [-0.2, -0.15) is 0 Å². The molecule has 1 amide bonds. The first-order valence-corrected chi connectivity index (χ1v) is 8.92. The van der Waals surface area contributed by atoms with E-state index in [9.17, 15) is 4.79 Å². The zero-order valence-electron chi connectivity index (χ0n) is 14.5. The fourth-order valence-corrected chi connectivity index (χ4v) is 3.67. The van der Waals surface area contributed by atoms with E-state index in [-0.39, 0.29) is 23.7 Å². The minimum absolute atomic E-state index is 0. The summed E-state index contributed by atoms with van der Waals surface area (Å²) >= 11 is 6.45. The predicted octanol–water partition coefficient (Wildman–Crippen LogP) is 3.70. The number of nitrogens with two attached hydrogens (primary N) is 1. The minimum atomic E-state index is -0.191. The van der Waals surface area contributed by atoms with Gasteiger partial charge in [-0.25, -0.2) is 0 Å². The molecule has 1 heterocycles. The van der Waals surface area contributed by atoms with Crippen LogP contribution in [-0.4, -0.2) is 25.7 Å². The van der Waals surface area contributed by atoms with Gasteiger partial charge in [-0.05, 0) is 42.2 Å². The lowest BCUT2D eigenvalue weighted by Gasteiger charge is -2.38. The van der Waals surface area contributed by atoms with Gasteiger partial charge < -0.3 is 15.8 Å². The standard InChI is InChI=1S/C20H23ClN2O2.ClH/c21-18-4-2-1-3-17(18)20(9-11-25-12-10-20)14-23-19(24)16-7-5-15(13-22)6-8-16;/h1-8H,9-14,22H2,(H,23,24);1H. The van der Waals surface area contributed by atoms with E-state index in [1.165, 1.54) is 0 Å². The van der Waals surface area contributed by atoms with Crippen LogP contribution in [0.3, 0.4) is 0 Å². The molecule has 0 bridgehead atoms. The van der Waals surface area contributed by atoms with Crippen LogP contribution in [0.15, 0.2) is 48.5 Å². The van der Waals surface area contributed by atoms with E-state index < -0.39 is 0 Å². The summed E-state index contributed by atoms with van der Waals surface area (Å²) in [6.07, 6.45) is 1.67. The number of carbonyl (C=O) groups is 1. The summed E-state index contributed by atoms with van der Waals surface area (Å²) in [7, 11) is 0. The maximum atomic E-state index is 12.5. The number of halogens is 2. The molecule has 1 fully saturated rings. The smallest absolute Gasteiger partial charge is 0.251 e. The molecule has 140 valence electrons. The average Bonchev–Trinajstić information content (AvgIpc) is 2.67. The highest BCUT2D eigenvalue weighted by Crippen LogP contribution is 2.38. The third-order valence-electron chi connectivity index (χ3n) is 4.93. The first-order chi connectivity index (χ1) is 12.1. The van der Waals surface area contributed by atoms with Gasteiger partial charge in [-0.1, -0.05) is 41.9 Å². The van der Waals surface area contributed by atoms with Gasteiger partial charge in [-0.3, -0.25) is 4.79 Å². The van der Waals surface area contributed by atoms with E-state index in [1.54, 1.807) is 0 Å². The van der Waals surface area contributed by atoms with Crippen LogP contribution >= 0.6 is 24.0 Å². The van der Waals surface area contributed by atoms with Gasteiger partial charge in [-0.15, -0.1) is 12.4 Å². The van der Waals surface area contributed by atoms with Crippen molar-refractivity contribution in [3.05, 3.63) is 70.2 Å². The molecule has 6 heteroatoms. The van der Waals surface area contributed by atoms with Crippen LogP contribution in [0.4, 0.5) is 0 Å². The molecular formula is C20H24Cl2N2O2. The molecule has 0 unspecified atom stereocenters. The van der Waals surface area contributed by atoms with Gasteiger partial charge in [0.1, 0.15) is 0 Å². The van der Waals surface area contributed by atoms with Gasteiger partial charge in [0.05, 0.1) is 0 Å². The van der Waals surface area contributed by atoms with E-state index >= 15 is 0 Å². The molecule has 3 N–H and O–H groups in total. The Hall–Kier alpha value is -1.59. The molecule has 0 spiro atoms. The van der Waals surface area contributed by atoms with E-state index in [4.69, 9.17) is 22.1 Å². The van der Waals surface area contributed by atoms with E-state index in [0.29, 0.717) is 31.9 Å². The summed E-state index contributed by atoms with van der Waals surface area (Å²) in [5.41, 5.74) is 8.14. The summed E-state index contributed by atoms with van der Waals surface area (Å²) in [4.78, 5) is 12.5. The van der Waals surface area contributed by atoms with Crippen molar-refractivity contribution < 1.29 is 9.53 Å². The second kappa shape index (κ2) is 9.38. The van der Waals surface area contributed by atoms with Gasteiger partial charge >= 0.3 is 0 Å². The average molecular weight is 395 g/mol. The molecule has 2 aromatic carbocycles. The Morgan fingerprint density at radius 3 is 2.38 bits per heavy atom. The second-order valence-electron chi connectivity index (χ2n) is 6.46. The van der Waals surface area contributed by atoms with Crippen molar-refractivity contribution in [3.8, 4) is 0 Å². The summed E-state index contributed by atoms with van der Waals surface area (Å²) in [6.45, 7) is 2.35. The van der Waals surface area contributed by atoms with Crippen LogP contribution in [0.1, 0.15) is 34.3 Å². The maximum Gasteiger partial charge on any atom is 0.251 e. The molecule has 0 atom stereocenters. The first kappa shape index (κ1) is 20.7. The third-order valence-corrected chi connectivity index (χ3v) is 5.26. The maximum absolute atomic E-state index is 12.5. The highest BCUT2D eigenvalue weighted by atomic mass is 35.5. The highest BCUT2D eigenvalue weighted by molar-refractivity contribution is 6.31. The SMILES string of the molecule is Cl.NCc1ccc(C(=O)NCC2(c3ccccc3Cl)CCOCC2)cc1. The molecule has 1 aliphatic rings. The van der Waals surface area contributed by atoms with Crippen molar-refractivity contribution >= 4 is 29.9 Å². The Morgan fingerprint density at radius 2 is 1.77 bits per heavy atom. The molecule has 4 nitrogen and oxygen atoms in total. The van der Waals surface area contributed by atoms with Crippen molar-refractivity contribution in [2.45, 2.75) is 24.8 Å². The van der Waals surface area contributed by atoms with E-state index in [1.807, 2.05) is 42.5 Å². The Labute approximate surface area is 165 Å². The zero-order valence-corrected chi connectivity index (χ0v) is 16.1. The number of benzene rings is 2. The van der Waals surface area contributed by atoms with Crippen molar-refractivity contribution in [2.75, 3.05) is 19.8 Å². The molecule has 0 aromatic heterocycles. The topological polar surface area (TPSA) is 64.4 Å². The number of ether oxygens (including phenoxy) is 1. The largest absolute Gasteiger partial charge is 0.381 e. The molecule has 0 aliphatic carbocycles. The Balaban J connectivity index is 0.00000243. The number of amides is 1. The van der Waals surface area contributed by atoms with Crippen LogP contribution in [0, 0.1) is 0 Å². The summed E-state index contributed by atoms with van der Waals surface area (Å²) in [5.74, 6) is -0.0820. The summed E-state index contributed by atoms with van der Waals surface area (Å²) in [5, 5.41) is 3.83. The van der Waals surface area contributed by atoms with Gasteiger partial charge in [0.25, 0.3) is 5.91 Å². The monoisotopic (exact) mass is 394 g/mol. The Morgan fingerprint density at radius 1 is 1.12 bits per heavy atom. The number of nitrogens with one attached hydrogen (secondary N) is 1. The second-order valence-corrected chi connectivity index (χ2v) is 6.86. The third kappa shape index (κ3) is 4.57. The minimum Gasteiger partial charge on any atom is -0.381 e. The summed E-state index contributed by atoms with van der Waals surface area (Å²) < 4.78 is 5.54. The summed E-state index contributed by atoms with van der Waals surface area (Å²) in [6, 6.07) is 15.3. The van der Waals surface area contributed by atoms with Crippen LogP contribution in [0.5, 0.6) is 0 Å². The number of hydrogen-bond donors (Lipinski definition) is 2. The quantitative estimate of drug-likeness (QED) is 0.812. The van der Waals surface area contributed by atoms with E-state index in [0.717, 1.165) is 29.0 Å². The van der Waals surface area contributed by atoms with Gasteiger partial charge in [0.15, 0.2) is 0 Å². The number of hydrogen-bond acceptors (Lipinski definition) is 3. The van der Waals surface area contributed by atoms with Gasteiger partial charge in [0.2, 0.25) is 0 Å². The lowest BCUT2D eigenvalue weighted by atomic mass is 9.74. The predicted molar refractivity (Wildman–Crippen MR) is 107 cm³/mol. The highest BCUT2D eigenvalue weighted by Gasteiger charge is 2.36. The van der Waals surface area contributed by atoms with Crippen molar-refractivity contribution in [1.82, 2.24) is 5.32 Å². The molecule has 2 aromatic rings. The van der Waals surface area contributed by atoms with Crippen molar-refractivity contribution in [1.29, 1.82) is 0 Å². The number of rotatable bonds is 5. The van der Waals surface area contributed by atoms with Crippen molar-refractivity contribution in [2.24, 2.45) is 5.73 Å². The fourth-order valence-electron chi connectivity index (χ4n) is 3.34. The molecule has 3 rings (SSSR count). The normalized spacial score (nSPS) is 15.8. The molecule has 1 saturated heterocycles. The van der Waals surface area contributed by atoms with Crippen LogP contribution in [-0.2, 0) is 16.7 Å². The Kier molecular flexibility index (Phi) is 7.47. The molecule has 1 aliphatic heterocycles. The zero-order chi connectivity index (χ0) is 17.7. The van der Waals surface area contributed by atoms with Crippen LogP contribution < -0.4 is 11.1 Å².